The lowest BCUT2D eigenvalue weighted by molar-refractivity contribution is 0.0528. The topological polar surface area (TPSA) is 63.2 Å². The highest BCUT2D eigenvalue weighted by atomic mass is 32.1. The predicted octanol–water partition coefficient (Wildman–Crippen LogP) is 5.10. The van der Waals surface area contributed by atoms with Crippen LogP contribution in [0.15, 0.2) is 54.7 Å². The molecule has 0 saturated carbocycles. The molecule has 2 N–H and O–H groups in total. The molecule has 0 bridgehead atoms. The molecule has 5 nitrogen and oxygen atoms in total. The smallest absolute Gasteiger partial charge is 0.341 e. The van der Waals surface area contributed by atoms with E-state index in [1.165, 1.54) is 11.3 Å². The number of hydrogen-bond donors (Lipinski definition) is 2. The lowest BCUT2D eigenvalue weighted by Gasteiger charge is -2.10. The number of anilines is 2. The quantitative estimate of drug-likeness (QED) is 0.461. The van der Waals surface area contributed by atoms with E-state index in [1.807, 2.05) is 55.5 Å². The Balaban J connectivity index is 1.83. The molecule has 0 aliphatic carbocycles. The van der Waals surface area contributed by atoms with Gasteiger partial charge in [0.05, 0.1) is 12.2 Å². The standard InChI is InChI=1S/C20H19N3O2S2/c1-3-25-19(24)15-11-16(14-7-5-4-6-8-14)27-18(15)23-20(26)22-17-10-9-13(2)12-21-17/h4-12H,3H2,1-2H3,(H2,21,22,23,26). The van der Waals surface area contributed by atoms with Crippen molar-refractivity contribution in [1.82, 2.24) is 4.98 Å². The summed E-state index contributed by atoms with van der Waals surface area (Å²) in [5.74, 6) is 0.255. The molecule has 138 valence electrons. The van der Waals surface area contributed by atoms with Crippen molar-refractivity contribution < 1.29 is 9.53 Å². The molecule has 0 unspecified atom stereocenters. The second-order valence-electron chi connectivity index (χ2n) is 5.74. The fraction of sp³-hybridized carbons (Fsp3) is 0.150. The summed E-state index contributed by atoms with van der Waals surface area (Å²) in [6.07, 6.45) is 1.76. The van der Waals surface area contributed by atoms with E-state index < -0.39 is 0 Å². The van der Waals surface area contributed by atoms with Gasteiger partial charge in [-0.1, -0.05) is 36.4 Å². The van der Waals surface area contributed by atoms with Gasteiger partial charge in [0.25, 0.3) is 0 Å². The number of nitrogens with one attached hydrogen (secondary N) is 2. The number of carbonyl (C=O) groups is 1. The van der Waals surface area contributed by atoms with Crippen LogP contribution in [-0.2, 0) is 4.74 Å². The van der Waals surface area contributed by atoms with E-state index in [9.17, 15) is 4.79 Å². The highest BCUT2D eigenvalue weighted by molar-refractivity contribution is 7.80. The molecule has 0 amide bonds. The maximum absolute atomic E-state index is 12.4. The van der Waals surface area contributed by atoms with Gasteiger partial charge in [-0.15, -0.1) is 11.3 Å². The summed E-state index contributed by atoms with van der Waals surface area (Å²) in [7, 11) is 0. The highest BCUT2D eigenvalue weighted by Gasteiger charge is 2.19. The van der Waals surface area contributed by atoms with Crippen LogP contribution in [0.25, 0.3) is 10.4 Å². The van der Waals surface area contributed by atoms with Gasteiger partial charge < -0.3 is 15.4 Å². The minimum absolute atomic E-state index is 0.310. The Labute approximate surface area is 167 Å². The molecule has 0 spiro atoms. The van der Waals surface area contributed by atoms with Crippen molar-refractivity contribution in [3.05, 3.63) is 65.9 Å². The molecule has 1 aromatic carbocycles. The number of nitrogens with zero attached hydrogens (tertiary/aromatic N) is 1. The molecule has 0 atom stereocenters. The maximum atomic E-state index is 12.4. The zero-order chi connectivity index (χ0) is 19.2. The van der Waals surface area contributed by atoms with Crippen molar-refractivity contribution in [2.75, 3.05) is 17.2 Å². The molecule has 3 rings (SSSR count). The molecule has 27 heavy (non-hydrogen) atoms. The summed E-state index contributed by atoms with van der Waals surface area (Å²) in [6, 6.07) is 15.5. The number of thiophene rings is 1. The van der Waals surface area contributed by atoms with Gasteiger partial charge in [0.15, 0.2) is 5.11 Å². The molecule has 0 aliphatic heterocycles. The normalized spacial score (nSPS) is 10.3. The minimum Gasteiger partial charge on any atom is -0.462 e. The van der Waals surface area contributed by atoms with Crippen LogP contribution in [0, 0.1) is 6.92 Å². The average molecular weight is 398 g/mol. The van der Waals surface area contributed by atoms with Crippen LogP contribution >= 0.6 is 23.6 Å². The fourth-order valence-electron chi connectivity index (χ4n) is 2.38. The average Bonchev–Trinajstić information content (AvgIpc) is 3.08. The van der Waals surface area contributed by atoms with Crippen molar-refractivity contribution in [2.24, 2.45) is 0 Å². The van der Waals surface area contributed by atoms with Crippen molar-refractivity contribution >= 4 is 45.5 Å². The Morgan fingerprint density at radius 1 is 1.19 bits per heavy atom. The lowest BCUT2D eigenvalue weighted by Crippen LogP contribution is -2.20. The number of thiocarbonyl (C=S) groups is 1. The van der Waals surface area contributed by atoms with Gasteiger partial charge in [0.2, 0.25) is 0 Å². The van der Waals surface area contributed by atoms with Gasteiger partial charge in [-0.05, 0) is 49.3 Å². The zero-order valence-electron chi connectivity index (χ0n) is 15.0. The Morgan fingerprint density at radius 2 is 1.96 bits per heavy atom. The number of aromatic nitrogens is 1. The van der Waals surface area contributed by atoms with Gasteiger partial charge in [0.1, 0.15) is 10.8 Å². The second kappa shape index (κ2) is 8.75. The van der Waals surface area contributed by atoms with Gasteiger partial charge >= 0.3 is 5.97 Å². The first-order chi connectivity index (χ1) is 13.1. The first-order valence-electron chi connectivity index (χ1n) is 8.44. The van der Waals surface area contributed by atoms with Crippen LogP contribution in [-0.4, -0.2) is 22.7 Å². The van der Waals surface area contributed by atoms with Crippen LogP contribution in [0.4, 0.5) is 10.8 Å². The predicted molar refractivity (Wildman–Crippen MR) is 115 cm³/mol. The SMILES string of the molecule is CCOC(=O)c1cc(-c2ccccc2)sc1NC(=S)Nc1ccc(C)cn1. The Morgan fingerprint density at radius 3 is 2.63 bits per heavy atom. The monoisotopic (exact) mass is 397 g/mol. The van der Waals surface area contributed by atoms with Gasteiger partial charge in [-0.2, -0.15) is 0 Å². The van der Waals surface area contributed by atoms with Crippen molar-refractivity contribution in [1.29, 1.82) is 0 Å². The summed E-state index contributed by atoms with van der Waals surface area (Å²) in [6.45, 7) is 4.06. The van der Waals surface area contributed by atoms with E-state index >= 15 is 0 Å². The van der Waals surface area contributed by atoms with E-state index in [0.29, 0.717) is 28.1 Å². The summed E-state index contributed by atoms with van der Waals surface area (Å²) in [5.41, 5.74) is 2.55. The van der Waals surface area contributed by atoms with Crippen LogP contribution in [0.3, 0.4) is 0 Å². The van der Waals surface area contributed by atoms with Gasteiger partial charge in [0, 0.05) is 11.1 Å². The van der Waals surface area contributed by atoms with E-state index in [2.05, 4.69) is 15.6 Å². The maximum Gasteiger partial charge on any atom is 0.341 e. The molecule has 0 fully saturated rings. The largest absolute Gasteiger partial charge is 0.462 e. The Kier molecular flexibility index (Phi) is 6.16. The molecule has 0 aliphatic rings. The Hall–Kier alpha value is -2.77. The molecule has 2 aromatic heterocycles. The van der Waals surface area contributed by atoms with Crippen molar-refractivity contribution in [2.45, 2.75) is 13.8 Å². The molecular weight excluding hydrogens is 378 g/mol. The number of aryl methyl sites for hydroxylation is 1. The number of rotatable bonds is 5. The third kappa shape index (κ3) is 4.90. The molecule has 2 heterocycles. The lowest BCUT2D eigenvalue weighted by atomic mass is 10.1. The second-order valence-corrected chi connectivity index (χ2v) is 7.20. The fourth-order valence-corrected chi connectivity index (χ4v) is 3.71. The molecule has 0 saturated heterocycles. The first kappa shape index (κ1) is 19.0. The van der Waals surface area contributed by atoms with E-state index in [-0.39, 0.29) is 5.97 Å². The number of benzene rings is 1. The summed E-state index contributed by atoms with van der Waals surface area (Å²) in [4.78, 5) is 17.6. The molecule has 0 radical (unpaired) electrons. The number of ether oxygens (including phenoxy) is 1. The van der Waals surface area contributed by atoms with Crippen LogP contribution in [0.2, 0.25) is 0 Å². The third-order valence-electron chi connectivity index (χ3n) is 3.67. The highest BCUT2D eigenvalue weighted by Crippen LogP contribution is 2.36. The van der Waals surface area contributed by atoms with Crippen LogP contribution in [0.5, 0.6) is 0 Å². The molecular formula is C20H19N3O2S2. The Bertz CT molecular complexity index is 938. The number of hydrogen-bond acceptors (Lipinski definition) is 5. The first-order valence-corrected chi connectivity index (χ1v) is 9.66. The van der Waals surface area contributed by atoms with Crippen molar-refractivity contribution in [3.63, 3.8) is 0 Å². The van der Waals surface area contributed by atoms with Gasteiger partial charge in [-0.25, -0.2) is 9.78 Å². The molecule has 7 heteroatoms. The van der Waals surface area contributed by atoms with E-state index in [0.717, 1.165) is 16.0 Å². The number of esters is 1. The van der Waals surface area contributed by atoms with E-state index in [4.69, 9.17) is 17.0 Å². The summed E-state index contributed by atoms with van der Waals surface area (Å²) in [5, 5.41) is 7.13. The van der Waals surface area contributed by atoms with Crippen LogP contribution in [0.1, 0.15) is 22.8 Å². The molecule has 3 aromatic rings. The summed E-state index contributed by atoms with van der Waals surface area (Å²) < 4.78 is 5.18. The van der Waals surface area contributed by atoms with Crippen LogP contribution < -0.4 is 10.6 Å². The number of carbonyl (C=O) groups excluding carboxylic acids is 1. The minimum atomic E-state index is -0.380. The van der Waals surface area contributed by atoms with Gasteiger partial charge in [-0.3, -0.25) is 0 Å². The number of pyridine rings is 1. The zero-order valence-corrected chi connectivity index (χ0v) is 16.6. The van der Waals surface area contributed by atoms with Crippen molar-refractivity contribution in [3.8, 4) is 10.4 Å². The van der Waals surface area contributed by atoms with E-state index in [1.54, 1.807) is 13.1 Å². The third-order valence-corrected chi connectivity index (χ3v) is 4.97. The summed E-state index contributed by atoms with van der Waals surface area (Å²) >= 11 is 6.83.